The summed E-state index contributed by atoms with van der Waals surface area (Å²) in [6.45, 7) is 6.83. The van der Waals surface area contributed by atoms with Gasteiger partial charge in [0, 0.05) is 11.6 Å². The number of hydrogen-bond donors (Lipinski definition) is 1. The first-order chi connectivity index (χ1) is 9.02. The summed E-state index contributed by atoms with van der Waals surface area (Å²) < 4.78 is 5.48. The summed E-state index contributed by atoms with van der Waals surface area (Å²) in [7, 11) is 1.73. The number of rotatable bonds is 3. The van der Waals surface area contributed by atoms with Gasteiger partial charge in [-0.05, 0) is 43.6 Å². The van der Waals surface area contributed by atoms with Crippen LogP contribution in [0.1, 0.15) is 50.3 Å². The molecule has 1 saturated carbocycles. The van der Waals surface area contributed by atoms with E-state index in [9.17, 15) is 0 Å². The van der Waals surface area contributed by atoms with Crippen LogP contribution in [0.4, 0.5) is 0 Å². The van der Waals surface area contributed by atoms with E-state index in [0.29, 0.717) is 5.92 Å². The summed E-state index contributed by atoms with van der Waals surface area (Å²) in [5.74, 6) is 3.13. The van der Waals surface area contributed by atoms with Crippen molar-refractivity contribution in [1.29, 1.82) is 0 Å². The molecule has 1 aromatic rings. The molecule has 0 radical (unpaired) electrons. The second kappa shape index (κ2) is 5.96. The van der Waals surface area contributed by atoms with Gasteiger partial charge in [0.1, 0.15) is 5.75 Å². The average molecular weight is 261 g/mol. The highest BCUT2D eigenvalue weighted by Gasteiger charge is 2.30. The van der Waals surface area contributed by atoms with Gasteiger partial charge < -0.3 is 10.5 Å². The molecule has 4 unspecified atom stereocenters. The van der Waals surface area contributed by atoms with Gasteiger partial charge >= 0.3 is 0 Å². The van der Waals surface area contributed by atoms with E-state index in [2.05, 4.69) is 32.9 Å². The van der Waals surface area contributed by atoms with E-state index in [-0.39, 0.29) is 6.04 Å². The Bertz CT molecular complexity index is 429. The minimum atomic E-state index is 0.102. The zero-order valence-corrected chi connectivity index (χ0v) is 12.6. The van der Waals surface area contributed by atoms with Crippen LogP contribution >= 0.6 is 0 Å². The third-order valence-corrected chi connectivity index (χ3v) is 4.89. The van der Waals surface area contributed by atoms with Gasteiger partial charge in [0.05, 0.1) is 7.11 Å². The molecule has 0 saturated heterocycles. The molecule has 1 aromatic carbocycles. The van der Waals surface area contributed by atoms with Gasteiger partial charge in [0.15, 0.2) is 0 Å². The maximum atomic E-state index is 6.54. The summed E-state index contributed by atoms with van der Waals surface area (Å²) in [5, 5.41) is 0. The second-order valence-corrected chi connectivity index (χ2v) is 6.30. The van der Waals surface area contributed by atoms with Crippen molar-refractivity contribution in [1.82, 2.24) is 0 Å². The predicted molar refractivity (Wildman–Crippen MR) is 80.3 cm³/mol. The van der Waals surface area contributed by atoms with Gasteiger partial charge in [-0.25, -0.2) is 0 Å². The molecule has 0 heterocycles. The van der Waals surface area contributed by atoms with E-state index in [4.69, 9.17) is 10.5 Å². The molecule has 2 nitrogen and oxygen atoms in total. The van der Waals surface area contributed by atoms with Crippen molar-refractivity contribution in [3.8, 4) is 5.75 Å². The molecule has 4 atom stereocenters. The molecular formula is C17H27NO. The number of hydrogen-bond acceptors (Lipinski definition) is 2. The molecule has 0 aliphatic heterocycles. The fourth-order valence-corrected chi connectivity index (χ4v) is 3.28. The minimum absolute atomic E-state index is 0.102. The Hall–Kier alpha value is -1.02. The summed E-state index contributed by atoms with van der Waals surface area (Å²) in [4.78, 5) is 0. The highest BCUT2D eigenvalue weighted by Crippen LogP contribution is 2.40. The number of ether oxygens (including phenoxy) is 1. The molecule has 0 bridgehead atoms. The highest BCUT2D eigenvalue weighted by molar-refractivity contribution is 5.39. The van der Waals surface area contributed by atoms with E-state index >= 15 is 0 Å². The smallest absolute Gasteiger partial charge is 0.123 e. The van der Waals surface area contributed by atoms with E-state index < -0.39 is 0 Å². The van der Waals surface area contributed by atoms with E-state index in [1.54, 1.807) is 7.11 Å². The molecule has 1 aliphatic carbocycles. The summed E-state index contributed by atoms with van der Waals surface area (Å²) >= 11 is 0. The Labute approximate surface area is 117 Å². The molecule has 2 rings (SSSR count). The Morgan fingerprint density at radius 3 is 2.58 bits per heavy atom. The van der Waals surface area contributed by atoms with Gasteiger partial charge in [0.2, 0.25) is 0 Å². The zero-order chi connectivity index (χ0) is 14.0. The molecule has 1 aliphatic rings. The van der Waals surface area contributed by atoms with Crippen LogP contribution in [-0.4, -0.2) is 7.11 Å². The molecule has 106 valence electrons. The molecule has 2 heteroatoms. The van der Waals surface area contributed by atoms with Crippen LogP contribution in [0.3, 0.4) is 0 Å². The fourth-order valence-electron chi connectivity index (χ4n) is 3.28. The number of aryl methyl sites for hydroxylation is 1. The zero-order valence-electron chi connectivity index (χ0n) is 12.6. The lowest BCUT2D eigenvalue weighted by Crippen LogP contribution is -2.29. The third-order valence-electron chi connectivity index (χ3n) is 4.89. The van der Waals surface area contributed by atoms with E-state index in [1.165, 1.54) is 30.4 Å². The molecule has 0 aromatic heterocycles. The standard InChI is InChI=1S/C17H27NO/c1-11-5-8-16(19-4)15(9-11)17(18)14-7-6-12(2)13(3)10-14/h5,8-9,12-14,17H,6-7,10,18H2,1-4H3. The Kier molecular flexibility index (Phi) is 4.51. The van der Waals surface area contributed by atoms with Crippen LogP contribution < -0.4 is 10.5 Å². The summed E-state index contributed by atoms with van der Waals surface area (Å²) in [6, 6.07) is 6.41. The van der Waals surface area contributed by atoms with Gasteiger partial charge in [-0.3, -0.25) is 0 Å². The minimum Gasteiger partial charge on any atom is -0.496 e. The highest BCUT2D eigenvalue weighted by atomic mass is 16.5. The van der Waals surface area contributed by atoms with Crippen molar-refractivity contribution in [2.75, 3.05) is 7.11 Å². The van der Waals surface area contributed by atoms with E-state index in [0.717, 1.165) is 17.6 Å². The van der Waals surface area contributed by atoms with Crippen molar-refractivity contribution in [2.24, 2.45) is 23.5 Å². The van der Waals surface area contributed by atoms with Gasteiger partial charge in [-0.15, -0.1) is 0 Å². The van der Waals surface area contributed by atoms with Gasteiger partial charge in [0.25, 0.3) is 0 Å². The van der Waals surface area contributed by atoms with Gasteiger partial charge in [-0.2, -0.15) is 0 Å². The summed E-state index contributed by atoms with van der Waals surface area (Å²) in [6.07, 6.45) is 3.77. The molecule has 1 fully saturated rings. The molecule has 2 N–H and O–H groups in total. The lowest BCUT2D eigenvalue weighted by atomic mass is 9.72. The molecule has 0 spiro atoms. The number of benzene rings is 1. The fraction of sp³-hybridized carbons (Fsp3) is 0.647. The third kappa shape index (κ3) is 3.11. The number of nitrogens with two attached hydrogens (primary N) is 1. The van der Waals surface area contributed by atoms with Crippen LogP contribution in [0.15, 0.2) is 18.2 Å². The Morgan fingerprint density at radius 2 is 1.95 bits per heavy atom. The first-order valence-corrected chi connectivity index (χ1v) is 7.43. The van der Waals surface area contributed by atoms with E-state index in [1.807, 2.05) is 6.07 Å². The molecular weight excluding hydrogens is 234 g/mol. The van der Waals surface area contributed by atoms with Crippen molar-refractivity contribution in [2.45, 2.75) is 46.1 Å². The quantitative estimate of drug-likeness (QED) is 0.890. The maximum absolute atomic E-state index is 6.54. The van der Waals surface area contributed by atoms with Gasteiger partial charge in [-0.1, -0.05) is 38.0 Å². The first kappa shape index (κ1) is 14.4. The topological polar surface area (TPSA) is 35.2 Å². The SMILES string of the molecule is COc1ccc(C)cc1C(N)C1CCC(C)C(C)C1. The van der Waals surface area contributed by atoms with Crippen LogP contribution in [0.5, 0.6) is 5.75 Å². The monoisotopic (exact) mass is 261 g/mol. The largest absolute Gasteiger partial charge is 0.496 e. The van der Waals surface area contributed by atoms with Crippen molar-refractivity contribution < 1.29 is 4.74 Å². The predicted octanol–water partition coefficient (Wildman–Crippen LogP) is 4.08. The Balaban J connectivity index is 2.19. The maximum Gasteiger partial charge on any atom is 0.123 e. The van der Waals surface area contributed by atoms with Crippen molar-refractivity contribution in [3.63, 3.8) is 0 Å². The lowest BCUT2D eigenvalue weighted by Gasteiger charge is -2.35. The molecule has 0 amide bonds. The Morgan fingerprint density at radius 1 is 1.21 bits per heavy atom. The second-order valence-electron chi connectivity index (χ2n) is 6.30. The van der Waals surface area contributed by atoms with Crippen LogP contribution in [0.25, 0.3) is 0 Å². The van der Waals surface area contributed by atoms with Crippen LogP contribution in [-0.2, 0) is 0 Å². The number of methoxy groups -OCH3 is 1. The van der Waals surface area contributed by atoms with Crippen molar-refractivity contribution >= 4 is 0 Å². The average Bonchev–Trinajstić information content (AvgIpc) is 2.41. The lowest BCUT2D eigenvalue weighted by molar-refractivity contribution is 0.184. The molecule has 19 heavy (non-hydrogen) atoms. The normalized spacial score (nSPS) is 29.0. The van der Waals surface area contributed by atoms with Crippen LogP contribution in [0, 0.1) is 24.7 Å². The van der Waals surface area contributed by atoms with Crippen molar-refractivity contribution in [3.05, 3.63) is 29.3 Å². The van der Waals surface area contributed by atoms with Crippen LogP contribution in [0.2, 0.25) is 0 Å². The first-order valence-electron chi connectivity index (χ1n) is 7.43. The summed E-state index contributed by atoms with van der Waals surface area (Å²) in [5.41, 5.74) is 8.97.